The highest BCUT2D eigenvalue weighted by atomic mass is 15.2. The van der Waals surface area contributed by atoms with Crippen LogP contribution in [-0.2, 0) is 0 Å². The Labute approximate surface area is 247 Å². The van der Waals surface area contributed by atoms with Crippen molar-refractivity contribution in [1.82, 2.24) is 19.5 Å². The Hall–Kier alpha value is -5.87. The molecule has 2 aromatic heterocycles. The molecule has 9 aromatic rings. The third kappa shape index (κ3) is 3.67. The molecule has 0 aliphatic heterocycles. The van der Waals surface area contributed by atoms with Crippen molar-refractivity contribution in [2.24, 2.45) is 0 Å². The Morgan fingerprint density at radius 3 is 1.70 bits per heavy atom. The summed E-state index contributed by atoms with van der Waals surface area (Å²) in [7, 11) is 0. The molecule has 0 bridgehead atoms. The van der Waals surface area contributed by atoms with Crippen molar-refractivity contribution in [3.8, 4) is 28.7 Å². The summed E-state index contributed by atoms with van der Waals surface area (Å²) in [6, 6.07) is 50.9. The maximum atomic E-state index is 5.29. The lowest BCUT2D eigenvalue weighted by Crippen LogP contribution is -2.06. The van der Waals surface area contributed by atoms with Crippen LogP contribution in [0.25, 0.3) is 82.8 Å². The van der Waals surface area contributed by atoms with Gasteiger partial charge in [-0.15, -0.1) is 0 Å². The lowest BCUT2D eigenvalue weighted by atomic mass is 9.93. The van der Waals surface area contributed by atoms with Crippen molar-refractivity contribution >= 4 is 54.1 Å². The van der Waals surface area contributed by atoms with Crippen molar-refractivity contribution in [1.29, 1.82) is 0 Å². The van der Waals surface area contributed by atoms with Gasteiger partial charge in [-0.25, -0.2) is 4.98 Å². The maximum Gasteiger partial charge on any atom is 0.238 e. The number of aromatic nitrogens is 4. The smallest absolute Gasteiger partial charge is 0.238 e. The van der Waals surface area contributed by atoms with Crippen LogP contribution in [0.3, 0.4) is 0 Å². The molecule has 0 saturated carbocycles. The molecule has 4 nitrogen and oxygen atoms in total. The summed E-state index contributed by atoms with van der Waals surface area (Å²) >= 11 is 0. The van der Waals surface area contributed by atoms with Crippen molar-refractivity contribution in [2.75, 3.05) is 0 Å². The van der Waals surface area contributed by atoms with Crippen LogP contribution in [-0.4, -0.2) is 19.5 Å². The number of hydrogen-bond donors (Lipinski definition) is 0. The number of para-hydroxylation sites is 2. The Balaban J connectivity index is 1.44. The summed E-state index contributed by atoms with van der Waals surface area (Å²) < 4.78 is 2.17. The maximum absolute atomic E-state index is 5.29. The summed E-state index contributed by atoms with van der Waals surface area (Å²) in [5, 5.41) is 9.34. The van der Waals surface area contributed by atoms with Gasteiger partial charge in [0.15, 0.2) is 11.6 Å². The van der Waals surface area contributed by atoms with E-state index in [-0.39, 0.29) is 0 Å². The Bertz CT molecular complexity index is 2460. The first-order valence-electron chi connectivity index (χ1n) is 14.5. The highest BCUT2D eigenvalue weighted by Gasteiger charge is 2.20. The van der Waals surface area contributed by atoms with Crippen LogP contribution in [0.5, 0.6) is 0 Å². The monoisotopic (exact) mass is 548 g/mol. The van der Waals surface area contributed by atoms with Gasteiger partial charge in [-0.05, 0) is 50.5 Å². The SMILES string of the molecule is c1ccc(-c2nc(-c3c4ccccc4cc4c3ccc3ccccc34)nc(-n3c4ccccc4c4ccccc43)n2)cc1. The van der Waals surface area contributed by atoms with Crippen LogP contribution in [0, 0.1) is 0 Å². The van der Waals surface area contributed by atoms with Gasteiger partial charge in [0.05, 0.1) is 11.0 Å². The fourth-order valence-electron chi connectivity index (χ4n) is 6.49. The average Bonchev–Trinajstić information content (AvgIpc) is 3.42. The normalized spacial score (nSPS) is 11.7. The standard InChI is InChI=1S/C39H24N4/c1-2-13-26(14-3-1)37-40-38(42-39(41-37)43-34-20-10-8-18-30(34)31-19-9-11-21-35(31)43)36-29-17-7-5-15-27(29)24-33-28-16-6-4-12-25(28)22-23-32(33)36/h1-24H. The largest absolute Gasteiger partial charge is 0.278 e. The molecule has 0 unspecified atom stereocenters. The quantitative estimate of drug-likeness (QED) is 0.163. The lowest BCUT2D eigenvalue weighted by molar-refractivity contribution is 0.955. The molecule has 7 aromatic carbocycles. The molecule has 0 aliphatic carbocycles. The molecule has 43 heavy (non-hydrogen) atoms. The van der Waals surface area contributed by atoms with Gasteiger partial charge < -0.3 is 0 Å². The highest BCUT2D eigenvalue weighted by molar-refractivity contribution is 6.19. The van der Waals surface area contributed by atoms with Crippen molar-refractivity contribution in [3.63, 3.8) is 0 Å². The Morgan fingerprint density at radius 2 is 0.953 bits per heavy atom. The first kappa shape index (κ1) is 23.8. The van der Waals surface area contributed by atoms with Gasteiger partial charge in [0.2, 0.25) is 5.95 Å². The summed E-state index contributed by atoms with van der Waals surface area (Å²) in [5.74, 6) is 1.90. The van der Waals surface area contributed by atoms with E-state index in [1.165, 1.54) is 26.9 Å². The molecule has 4 heteroatoms. The number of nitrogens with zero attached hydrogens (tertiary/aromatic N) is 4. The van der Waals surface area contributed by atoms with Crippen LogP contribution >= 0.6 is 0 Å². The second-order valence-corrected chi connectivity index (χ2v) is 10.9. The molecule has 0 fully saturated rings. The van der Waals surface area contributed by atoms with E-state index in [0.29, 0.717) is 17.6 Å². The molecule has 0 N–H and O–H groups in total. The zero-order chi connectivity index (χ0) is 28.3. The molecule has 0 atom stereocenters. The van der Waals surface area contributed by atoms with Gasteiger partial charge in [0, 0.05) is 21.9 Å². The van der Waals surface area contributed by atoms with E-state index in [0.717, 1.165) is 38.3 Å². The van der Waals surface area contributed by atoms with Crippen LogP contribution in [0.4, 0.5) is 0 Å². The molecule has 0 radical (unpaired) electrons. The topological polar surface area (TPSA) is 43.6 Å². The Morgan fingerprint density at radius 1 is 0.372 bits per heavy atom. The van der Waals surface area contributed by atoms with E-state index in [1.54, 1.807) is 0 Å². The van der Waals surface area contributed by atoms with Crippen LogP contribution in [0.1, 0.15) is 0 Å². The first-order valence-corrected chi connectivity index (χ1v) is 14.5. The number of hydrogen-bond acceptors (Lipinski definition) is 3. The molecular weight excluding hydrogens is 524 g/mol. The summed E-state index contributed by atoms with van der Waals surface area (Å²) in [4.78, 5) is 15.6. The van der Waals surface area contributed by atoms with Crippen molar-refractivity contribution < 1.29 is 0 Å². The van der Waals surface area contributed by atoms with E-state index in [4.69, 9.17) is 15.0 Å². The summed E-state index contributed by atoms with van der Waals surface area (Å²) in [6.45, 7) is 0. The van der Waals surface area contributed by atoms with Crippen molar-refractivity contribution in [3.05, 3.63) is 146 Å². The van der Waals surface area contributed by atoms with E-state index in [2.05, 4.69) is 132 Å². The minimum absolute atomic E-state index is 0.600. The molecule has 2 heterocycles. The minimum atomic E-state index is 0.600. The van der Waals surface area contributed by atoms with Gasteiger partial charge >= 0.3 is 0 Å². The third-order valence-corrected chi connectivity index (χ3v) is 8.43. The minimum Gasteiger partial charge on any atom is -0.278 e. The van der Waals surface area contributed by atoms with Crippen LogP contribution < -0.4 is 0 Å². The van der Waals surface area contributed by atoms with E-state index < -0.39 is 0 Å². The molecule has 0 amide bonds. The van der Waals surface area contributed by atoms with Gasteiger partial charge in [0.25, 0.3) is 0 Å². The van der Waals surface area contributed by atoms with Crippen LogP contribution in [0.2, 0.25) is 0 Å². The lowest BCUT2D eigenvalue weighted by Gasteiger charge is -2.15. The molecule has 200 valence electrons. The molecule has 0 saturated heterocycles. The fourth-order valence-corrected chi connectivity index (χ4v) is 6.49. The average molecular weight is 549 g/mol. The number of benzene rings is 7. The Kier molecular flexibility index (Phi) is 5.16. The van der Waals surface area contributed by atoms with E-state index in [1.807, 2.05) is 18.2 Å². The molecule has 9 rings (SSSR count). The number of fused-ring (bicyclic) bond motifs is 7. The highest BCUT2D eigenvalue weighted by Crippen LogP contribution is 2.39. The first-order chi connectivity index (χ1) is 21.3. The van der Waals surface area contributed by atoms with E-state index >= 15 is 0 Å². The molecular formula is C39H24N4. The van der Waals surface area contributed by atoms with Crippen molar-refractivity contribution in [2.45, 2.75) is 0 Å². The predicted octanol–water partition coefficient (Wildman–Crippen LogP) is 9.76. The van der Waals surface area contributed by atoms with Gasteiger partial charge in [-0.1, -0.05) is 127 Å². The van der Waals surface area contributed by atoms with Crippen LogP contribution in [0.15, 0.2) is 146 Å². The zero-order valence-corrected chi connectivity index (χ0v) is 23.1. The second-order valence-electron chi connectivity index (χ2n) is 10.9. The summed E-state index contributed by atoms with van der Waals surface area (Å²) in [5.41, 5.74) is 4.09. The predicted molar refractivity (Wildman–Crippen MR) is 178 cm³/mol. The van der Waals surface area contributed by atoms with Gasteiger partial charge in [0.1, 0.15) is 0 Å². The van der Waals surface area contributed by atoms with E-state index in [9.17, 15) is 0 Å². The van der Waals surface area contributed by atoms with Gasteiger partial charge in [-0.2, -0.15) is 9.97 Å². The molecule has 0 spiro atoms. The third-order valence-electron chi connectivity index (χ3n) is 8.43. The number of rotatable bonds is 3. The molecule has 0 aliphatic rings. The summed E-state index contributed by atoms with van der Waals surface area (Å²) in [6.07, 6.45) is 0. The van der Waals surface area contributed by atoms with Gasteiger partial charge in [-0.3, -0.25) is 4.57 Å². The zero-order valence-electron chi connectivity index (χ0n) is 23.1. The second kappa shape index (κ2) is 9.33. The fraction of sp³-hybridized carbons (Fsp3) is 0.